The first-order valence-electron chi connectivity index (χ1n) is 5.27. The lowest BCUT2D eigenvalue weighted by Crippen LogP contribution is -2.55. The van der Waals surface area contributed by atoms with Gasteiger partial charge in [0.15, 0.2) is 0 Å². The Morgan fingerprint density at radius 2 is 1.94 bits per heavy atom. The molecule has 1 atom stereocenters. The maximum atomic E-state index is 11.9. The molecule has 0 aromatic carbocycles. The number of methoxy groups -OCH3 is 1. The molecule has 0 bridgehead atoms. The average molecular weight is 255 g/mol. The molecule has 7 heteroatoms. The summed E-state index contributed by atoms with van der Waals surface area (Å²) in [7, 11) is 1.19. The van der Waals surface area contributed by atoms with E-state index in [1.807, 2.05) is 0 Å². The van der Waals surface area contributed by atoms with Crippen LogP contribution >= 0.6 is 0 Å². The molecule has 0 aromatic rings. The molecule has 1 unspecified atom stereocenters. The highest BCUT2D eigenvalue weighted by Gasteiger charge is 2.40. The Labute approximate surface area is 97.5 Å². The van der Waals surface area contributed by atoms with Crippen molar-refractivity contribution in [2.45, 2.75) is 37.5 Å². The van der Waals surface area contributed by atoms with E-state index in [4.69, 9.17) is 0 Å². The molecule has 0 aliphatic heterocycles. The van der Waals surface area contributed by atoms with Gasteiger partial charge in [-0.1, -0.05) is 0 Å². The van der Waals surface area contributed by atoms with Gasteiger partial charge in [0.1, 0.15) is 12.1 Å². The van der Waals surface area contributed by atoms with Crippen molar-refractivity contribution in [3.05, 3.63) is 0 Å². The SMILES string of the molecule is COC(=O)C(C)(COCC(F)(F)F)NC1CC1. The van der Waals surface area contributed by atoms with Crippen LogP contribution in [0.2, 0.25) is 0 Å². The van der Waals surface area contributed by atoms with Crippen molar-refractivity contribution in [1.82, 2.24) is 5.32 Å². The summed E-state index contributed by atoms with van der Waals surface area (Å²) in [5, 5.41) is 2.94. The first-order valence-corrected chi connectivity index (χ1v) is 5.27. The number of ether oxygens (including phenoxy) is 2. The van der Waals surface area contributed by atoms with Gasteiger partial charge in [-0.15, -0.1) is 0 Å². The maximum absolute atomic E-state index is 11.9. The Balaban J connectivity index is 2.47. The zero-order chi connectivity index (χ0) is 13.1. The molecule has 100 valence electrons. The molecule has 0 spiro atoms. The molecular weight excluding hydrogens is 239 g/mol. The number of halogens is 3. The van der Waals surface area contributed by atoms with E-state index in [0.717, 1.165) is 12.8 Å². The standard InChI is InChI=1S/C10H16F3NO3/c1-9(8(15)16-2,14-7-3-4-7)5-17-6-10(11,12)13/h7,14H,3-6H2,1-2H3. The number of alkyl halides is 3. The Bertz CT molecular complexity index is 278. The summed E-state index contributed by atoms with van der Waals surface area (Å²) in [4.78, 5) is 11.5. The van der Waals surface area contributed by atoms with Gasteiger partial charge in [0.2, 0.25) is 0 Å². The number of esters is 1. The molecule has 0 heterocycles. The zero-order valence-corrected chi connectivity index (χ0v) is 9.76. The molecule has 1 N–H and O–H groups in total. The zero-order valence-electron chi connectivity index (χ0n) is 9.76. The van der Waals surface area contributed by atoms with E-state index in [0.29, 0.717) is 0 Å². The van der Waals surface area contributed by atoms with Gasteiger partial charge < -0.3 is 9.47 Å². The molecule has 0 radical (unpaired) electrons. The first kappa shape index (κ1) is 14.2. The van der Waals surface area contributed by atoms with Crippen LogP contribution in [-0.4, -0.2) is 44.0 Å². The molecule has 0 saturated heterocycles. The second-order valence-electron chi connectivity index (χ2n) is 4.35. The summed E-state index contributed by atoms with van der Waals surface area (Å²) < 4.78 is 44.9. The Morgan fingerprint density at radius 3 is 2.35 bits per heavy atom. The summed E-state index contributed by atoms with van der Waals surface area (Å²) in [5.41, 5.74) is -1.22. The lowest BCUT2D eigenvalue weighted by Gasteiger charge is -2.28. The fourth-order valence-corrected chi connectivity index (χ4v) is 1.43. The third kappa shape index (κ3) is 4.91. The molecular formula is C10H16F3NO3. The number of nitrogens with one attached hydrogen (secondary N) is 1. The van der Waals surface area contributed by atoms with Crippen LogP contribution in [0, 0.1) is 0 Å². The predicted octanol–water partition coefficient (Wildman–Crippen LogP) is 1.25. The molecule has 1 aliphatic carbocycles. The summed E-state index contributed by atoms with van der Waals surface area (Å²) in [6, 6.07) is 0.161. The van der Waals surface area contributed by atoms with Gasteiger partial charge in [-0.25, -0.2) is 4.79 Å². The largest absolute Gasteiger partial charge is 0.468 e. The molecule has 1 rings (SSSR count). The van der Waals surface area contributed by atoms with Crippen molar-refractivity contribution in [3.63, 3.8) is 0 Å². The minimum absolute atomic E-state index is 0.161. The predicted molar refractivity (Wildman–Crippen MR) is 53.5 cm³/mol. The first-order chi connectivity index (χ1) is 7.77. The second kappa shape index (κ2) is 5.22. The molecule has 17 heavy (non-hydrogen) atoms. The third-order valence-corrected chi connectivity index (χ3v) is 2.39. The topological polar surface area (TPSA) is 47.6 Å². The fourth-order valence-electron chi connectivity index (χ4n) is 1.43. The normalized spacial score (nSPS) is 19.8. The quantitative estimate of drug-likeness (QED) is 0.726. The van der Waals surface area contributed by atoms with Crippen LogP contribution in [0.3, 0.4) is 0 Å². The van der Waals surface area contributed by atoms with Gasteiger partial charge in [0.05, 0.1) is 13.7 Å². The molecule has 1 fully saturated rings. The number of hydrogen-bond acceptors (Lipinski definition) is 4. The van der Waals surface area contributed by atoms with Crippen molar-refractivity contribution >= 4 is 5.97 Å². The fraction of sp³-hybridized carbons (Fsp3) is 0.900. The van der Waals surface area contributed by atoms with Crippen molar-refractivity contribution in [2.24, 2.45) is 0 Å². The highest BCUT2D eigenvalue weighted by Crippen LogP contribution is 2.24. The molecule has 0 aromatic heterocycles. The number of hydrogen-bond donors (Lipinski definition) is 1. The summed E-state index contributed by atoms with van der Waals surface area (Å²) >= 11 is 0. The molecule has 4 nitrogen and oxygen atoms in total. The van der Waals surface area contributed by atoms with Gasteiger partial charge in [-0.3, -0.25) is 5.32 Å². The second-order valence-corrected chi connectivity index (χ2v) is 4.35. The highest BCUT2D eigenvalue weighted by molar-refractivity contribution is 5.80. The maximum Gasteiger partial charge on any atom is 0.411 e. The van der Waals surface area contributed by atoms with Gasteiger partial charge in [-0.2, -0.15) is 13.2 Å². The third-order valence-electron chi connectivity index (χ3n) is 2.39. The summed E-state index contributed by atoms with van der Waals surface area (Å²) in [5.74, 6) is -0.619. The lowest BCUT2D eigenvalue weighted by molar-refractivity contribution is -0.182. The van der Waals surface area contributed by atoms with E-state index in [1.165, 1.54) is 14.0 Å². The number of rotatable bonds is 6. The van der Waals surface area contributed by atoms with E-state index in [-0.39, 0.29) is 12.6 Å². The minimum atomic E-state index is -4.39. The van der Waals surface area contributed by atoms with E-state index in [2.05, 4.69) is 14.8 Å². The van der Waals surface area contributed by atoms with Crippen LogP contribution < -0.4 is 5.32 Å². The van der Waals surface area contributed by atoms with Gasteiger partial charge in [0, 0.05) is 6.04 Å². The van der Waals surface area contributed by atoms with Crippen molar-refractivity contribution in [2.75, 3.05) is 20.3 Å². The number of carbonyl (C=O) groups excluding carboxylic acids is 1. The summed E-state index contributed by atoms with van der Waals surface area (Å²) in [6.07, 6.45) is -2.58. The van der Waals surface area contributed by atoms with Gasteiger partial charge in [-0.05, 0) is 19.8 Å². The van der Waals surface area contributed by atoms with Crippen LogP contribution in [0.1, 0.15) is 19.8 Å². The summed E-state index contributed by atoms with van der Waals surface area (Å²) in [6.45, 7) is -0.255. The van der Waals surface area contributed by atoms with Crippen LogP contribution in [0.25, 0.3) is 0 Å². The van der Waals surface area contributed by atoms with Crippen LogP contribution in [0.5, 0.6) is 0 Å². The van der Waals surface area contributed by atoms with Crippen molar-refractivity contribution in [1.29, 1.82) is 0 Å². The van der Waals surface area contributed by atoms with Gasteiger partial charge >= 0.3 is 12.1 Å². The van der Waals surface area contributed by atoms with Crippen molar-refractivity contribution in [3.8, 4) is 0 Å². The smallest absolute Gasteiger partial charge is 0.411 e. The highest BCUT2D eigenvalue weighted by atomic mass is 19.4. The molecule has 1 saturated carbocycles. The average Bonchev–Trinajstić information content (AvgIpc) is 2.98. The molecule has 1 aliphatic rings. The Kier molecular flexibility index (Phi) is 4.37. The van der Waals surface area contributed by atoms with Crippen LogP contribution in [-0.2, 0) is 14.3 Å². The van der Waals surface area contributed by atoms with Crippen LogP contribution in [0.15, 0.2) is 0 Å². The lowest BCUT2D eigenvalue weighted by atomic mass is 10.0. The van der Waals surface area contributed by atoms with E-state index in [9.17, 15) is 18.0 Å². The Morgan fingerprint density at radius 1 is 1.35 bits per heavy atom. The monoisotopic (exact) mass is 255 g/mol. The number of carbonyl (C=O) groups is 1. The van der Waals surface area contributed by atoms with Crippen LogP contribution in [0.4, 0.5) is 13.2 Å². The Hall–Kier alpha value is -0.820. The van der Waals surface area contributed by atoms with Gasteiger partial charge in [0.25, 0.3) is 0 Å². The molecule has 0 amide bonds. The van der Waals surface area contributed by atoms with Crippen molar-refractivity contribution < 1.29 is 27.4 Å². The van der Waals surface area contributed by atoms with E-state index < -0.39 is 24.3 Å². The van der Waals surface area contributed by atoms with E-state index in [1.54, 1.807) is 0 Å². The minimum Gasteiger partial charge on any atom is -0.468 e. The van der Waals surface area contributed by atoms with E-state index >= 15 is 0 Å².